The Hall–Kier alpha value is -1.61. The molecule has 1 aromatic heterocycles. The minimum Gasteiger partial charge on any atom is -0.439 e. The zero-order chi connectivity index (χ0) is 12.3. The molecular weight excluding hydrogens is 333 g/mol. The van der Waals surface area contributed by atoms with Crippen LogP contribution in [0.15, 0.2) is 30.3 Å². The normalized spacial score (nSPS) is 10.0. The van der Waals surface area contributed by atoms with Gasteiger partial charge < -0.3 is 15.9 Å². The summed E-state index contributed by atoms with van der Waals surface area (Å²) in [5.41, 5.74) is 7.91. The summed E-state index contributed by atoms with van der Waals surface area (Å²) in [5, 5.41) is 0. The third kappa shape index (κ3) is 3.17. The van der Waals surface area contributed by atoms with E-state index < -0.39 is 0 Å². The number of anilines is 2. The van der Waals surface area contributed by atoms with Crippen LogP contribution in [0.25, 0.3) is 0 Å². The Morgan fingerprint density at radius 1 is 1.24 bits per heavy atom. The lowest BCUT2D eigenvalue weighted by atomic mass is 10.3. The van der Waals surface area contributed by atoms with E-state index >= 15 is 0 Å². The lowest BCUT2D eigenvalue weighted by Crippen LogP contribution is -2.10. The number of ether oxygens (including phenoxy) is 1. The number of halogens is 1. The van der Waals surface area contributed by atoms with Crippen molar-refractivity contribution in [3.05, 3.63) is 33.9 Å². The molecule has 2 rings (SSSR count). The van der Waals surface area contributed by atoms with Gasteiger partial charge in [0.1, 0.15) is 11.6 Å². The molecular formula is C10H10IN5O. The quantitative estimate of drug-likeness (QED) is 0.446. The molecule has 0 bridgehead atoms. The van der Waals surface area contributed by atoms with E-state index in [0.717, 1.165) is 3.57 Å². The largest absolute Gasteiger partial charge is 0.439 e. The maximum atomic E-state index is 5.55. The summed E-state index contributed by atoms with van der Waals surface area (Å²) in [5.74, 6) is 6.77. The maximum absolute atomic E-state index is 5.55. The average Bonchev–Trinajstić information content (AvgIpc) is 2.28. The molecule has 0 fully saturated rings. The molecule has 6 nitrogen and oxygen atoms in total. The van der Waals surface area contributed by atoms with Crippen LogP contribution in [-0.2, 0) is 0 Å². The minimum absolute atomic E-state index is 0.0982. The van der Waals surface area contributed by atoms with Gasteiger partial charge in [-0.15, -0.1) is 0 Å². The van der Waals surface area contributed by atoms with E-state index in [2.05, 4.69) is 38.0 Å². The molecule has 0 atom stereocenters. The predicted octanol–water partition coefficient (Wildman–Crippen LogP) is 1.74. The molecule has 1 heterocycles. The molecule has 88 valence electrons. The zero-order valence-electron chi connectivity index (χ0n) is 8.72. The number of benzene rings is 1. The molecule has 0 spiro atoms. The fourth-order valence-electron chi connectivity index (χ4n) is 1.22. The fourth-order valence-corrected chi connectivity index (χ4v) is 1.73. The number of aromatic nitrogens is 2. The molecule has 5 N–H and O–H groups in total. The predicted molar refractivity (Wildman–Crippen MR) is 73.5 cm³/mol. The van der Waals surface area contributed by atoms with Crippen LogP contribution >= 0.6 is 22.6 Å². The van der Waals surface area contributed by atoms with Gasteiger partial charge in [0.2, 0.25) is 11.8 Å². The van der Waals surface area contributed by atoms with Gasteiger partial charge in [0.05, 0.1) is 0 Å². The first kappa shape index (κ1) is 11.9. The average molecular weight is 343 g/mol. The summed E-state index contributed by atoms with van der Waals surface area (Å²) < 4.78 is 6.62. The number of rotatable bonds is 3. The third-order valence-corrected chi connectivity index (χ3v) is 2.56. The molecule has 0 saturated carbocycles. The van der Waals surface area contributed by atoms with Crippen molar-refractivity contribution in [1.82, 2.24) is 9.97 Å². The highest BCUT2D eigenvalue weighted by Crippen LogP contribution is 2.23. The molecule has 2 aromatic rings. The van der Waals surface area contributed by atoms with Crippen molar-refractivity contribution in [2.24, 2.45) is 5.84 Å². The van der Waals surface area contributed by atoms with Crippen LogP contribution in [0.3, 0.4) is 0 Å². The summed E-state index contributed by atoms with van der Waals surface area (Å²) in [6, 6.07) is 9.14. The van der Waals surface area contributed by atoms with E-state index in [0.29, 0.717) is 17.4 Å². The van der Waals surface area contributed by atoms with Crippen LogP contribution in [0.5, 0.6) is 11.6 Å². The number of hydrogen-bond acceptors (Lipinski definition) is 6. The monoisotopic (exact) mass is 343 g/mol. The number of nitrogens with one attached hydrogen (secondary N) is 1. The van der Waals surface area contributed by atoms with Crippen molar-refractivity contribution in [1.29, 1.82) is 0 Å². The molecule has 0 aliphatic rings. The minimum atomic E-state index is 0.0982. The number of nitrogens with two attached hydrogens (primary N) is 2. The van der Waals surface area contributed by atoms with Gasteiger partial charge >= 0.3 is 0 Å². The maximum Gasteiger partial charge on any atom is 0.226 e. The standard InChI is InChI=1S/C10H10IN5O/c11-6-2-1-3-7(4-6)17-9-5-8(16-13)14-10(12)15-9/h1-5H,13H2,(H3,12,14,15,16). The van der Waals surface area contributed by atoms with Crippen molar-refractivity contribution in [3.63, 3.8) is 0 Å². The molecule has 1 aromatic carbocycles. The first-order valence-electron chi connectivity index (χ1n) is 4.72. The Kier molecular flexibility index (Phi) is 3.59. The van der Waals surface area contributed by atoms with Crippen molar-refractivity contribution >= 4 is 34.4 Å². The fraction of sp³-hybridized carbons (Fsp3) is 0. The van der Waals surface area contributed by atoms with Crippen LogP contribution < -0.4 is 21.7 Å². The molecule has 0 radical (unpaired) electrons. The van der Waals surface area contributed by atoms with E-state index in [1.165, 1.54) is 0 Å². The zero-order valence-corrected chi connectivity index (χ0v) is 10.9. The van der Waals surface area contributed by atoms with E-state index in [-0.39, 0.29) is 5.95 Å². The number of nitrogens with zero attached hydrogens (tertiary/aromatic N) is 2. The van der Waals surface area contributed by atoms with Gasteiger partial charge in [0, 0.05) is 9.64 Å². The van der Waals surface area contributed by atoms with Crippen molar-refractivity contribution in [2.75, 3.05) is 11.2 Å². The molecule has 0 unspecified atom stereocenters. The van der Waals surface area contributed by atoms with Crippen molar-refractivity contribution in [2.45, 2.75) is 0 Å². The molecule has 7 heteroatoms. The Balaban J connectivity index is 2.26. The molecule has 17 heavy (non-hydrogen) atoms. The molecule has 0 saturated heterocycles. The highest BCUT2D eigenvalue weighted by molar-refractivity contribution is 14.1. The summed E-state index contributed by atoms with van der Waals surface area (Å²) in [7, 11) is 0. The summed E-state index contributed by atoms with van der Waals surface area (Å²) in [4.78, 5) is 7.81. The Morgan fingerprint density at radius 3 is 2.76 bits per heavy atom. The van der Waals surface area contributed by atoms with Crippen molar-refractivity contribution in [3.8, 4) is 11.6 Å². The smallest absolute Gasteiger partial charge is 0.226 e. The number of hydrogen-bond donors (Lipinski definition) is 3. The van der Waals surface area contributed by atoms with Crippen LogP contribution in [-0.4, -0.2) is 9.97 Å². The van der Waals surface area contributed by atoms with Crippen LogP contribution in [0.1, 0.15) is 0 Å². The van der Waals surface area contributed by atoms with Gasteiger partial charge in [-0.3, -0.25) is 0 Å². The van der Waals surface area contributed by atoms with Gasteiger partial charge in [-0.25, -0.2) is 5.84 Å². The van der Waals surface area contributed by atoms with E-state index in [4.69, 9.17) is 16.3 Å². The second-order valence-corrected chi connectivity index (χ2v) is 4.40. The first-order valence-corrected chi connectivity index (χ1v) is 5.80. The molecule has 0 aliphatic carbocycles. The number of hydrazine groups is 1. The first-order chi connectivity index (χ1) is 8.17. The number of nitrogen functional groups attached to an aromatic ring is 2. The summed E-state index contributed by atoms with van der Waals surface area (Å²) >= 11 is 2.20. The van der Waals surface area contributed by atoms with E-state index in [1.807, 2.05) is 24.3 Å². The molecule has 0 aliphatic heterocycles. The second kappa shape index (κ2) is 5.15. The van der Waals surface area contributed by atoms with Crippen molar-refractivity contribution < 1.29 is 4.74 Å². The van der Waals surface area contributed by atoms with Gasteiger partial charge in [0.25, 0.3) is 0 Å². The topological polar surface area (TPSA) is 99.1 Å². The lowest BCUT2D eigenvalue weighted by molar-refractivity contribution is 0.462. The second-order valence-electron chi connectivity index (χ2n) is 3.15. The Bertz CT molecular complexity index is 534. The van der Waals surface area contributed by atoms with E-state index in [1.54, 1.807) is 6.07 Å². The highest BCUT2D eigenvalue weighted by Gasteiger charge is 2.04. The molecule has 0 amide bonds. The van der Waals surface area contributed by atoms with Gasteiger partial charge in [0.15, 0.2) is 0 Å². The SMILES string of the molecule is NNc1cc(Oc2cccc(I)c2)nc(N)n1. The summed E-state index contributed by atoms with van der Waals surface area (Å²) in [6.45, 7) is 0. The van der Waals surface area contributed by atoms with Crippen LogP contribution in [0.2, 0.25) is 0 Å². The third-order valence-electron chi connectivity index (χ3n) is 1.89. The Labute approximate surface area is 112 Å². The van der Waals surface area contributed by atoms with E-state index in [9.17, 15) is 0 Å². The highest BCUT2D eigenvalue weighted by atomic mass is 127. The van der Waals surface area contributed by atoms with Gasteiger partial charge in [-0.05, 0) is 40.8 Å². The van der Waals surface area contributed by atoms with Gasteiger partial charge in [-0.1, -0.05) is 6.07 Å². The van der Waals surface area contributed by atoms with Crippen LogP contribution in [0, 0.1) is 3.57 Å². The van der Waals surface area contributed by atoms with Gasteiger partial charge in [-0.2, -0.15) is 9.97 Å². The summed E-state index contributed by atoms with van der Waals surface area (Å²) in [6.07, 6.45) is 0. The van der Waals surface area contributed by atoms with Crippen LogP contribution in [0.4, 0.5) is 11.8 Å². The lowest BCUT2D eigenvalue weighted by Gasteiger charge is -2.07. The Morgan fingerprint density at radius 2 is 2.06 bits per heavy atom.